The Morgan fingerprint density at radius 1 is 1.38 bits per heavy atom. The van der Waals surface area contributed by atoms with Crippen molar-refractivity contribution in [2.75, 3.05) is 13.1 Å². The molecular weight excluding hydrogens is 331 g/mol. The van der Waals surface area contributed by atoms with E-state index in [9.17, 15) is 4.39 Å². The van der Waals surface area contributed by atoms with Crippen LogP contribution in [0.5, 0.6) is 0 Å². The number of hydrogen-bond donors (Lipinski definition) is 1. The van der Waals surface area contributed by atoms with E-state index < -0.39 is 0 Å². The Balaban J connectivity index is 2.18. The van der Waals surface area contributed by atoms with Crippen LogP contribution in [0.15, 0.2) is 22.7 Å². The van der Waals surface area contributed by atoms with Crippen molar-refractivity contribution in [3.05, 3.63) is 34.1 Å². The van der Waals surface area contributed by atoms with E-state index in [1.807, 2.05) is 12.1 Å². The Labute approximate surface area is 136 Å². The number of nitrogens with one attached hydrogen (secondary N) is 1. The van der Waals surface area contributed by atoms with Crippen molar-refractivity contribution in [1.29, 1.82) is 0 Å². The van der Waals surface area contributed by atoms with Crippen LogP contribution in [-0.2, 0) is 6.54 Å². The number of hydrogen-bond acceptors (Lipinski definition) is 2. The second-order valence-electron chi connectivity index (χ2n) is 6.19. The molecule has 21 heavy (non-hydrogen) atoms. The molecule has 0 aromatic heterocycles. The fourth-order valence-electron chi connectivity index (χ4n) is 3.13. The molecule has 1 aromatic carbocycles. The fraction of sp³-hybridized carbons (Fsp3) is 0.647. The molecule has 0 bridgehead atoms. The summed E-state index contributed by atoms with van der Waals surface area (Å²) in [5.74, 6) is -0.118. The Morgan fingerprint density at radius 3 is 2.71 bits per heavy atom. The van der Waals surface area contributed by atoms with Gasteiger partial charge in [-0.3, -0.25) is 4.90 Å². The summed E-state index contributed by atoms with van der Waals surface area (Å²) in [5.41, 5.74) is 0.949. The van der Waals surface area contributed by atoms with E-state index in [-0.39, 0.29) is 11.4 Å². The van der Waals surface area contributed by atoms with Crippen LogP contribution < -0.4 is 5.32 Å². The van der Waals surface area contributed by atoms with E-state index in [0.29, 0.717) is 12.6 Å². The summed E-state index contributed by atoms with van der Waals surface area (Å²) in [7, 11) is 0. The van der Waals surface area contributed by atoms with Crippen molar-refractivity contribution >= 4 is 15.9 Å². The molecule has 1 fully saturated rings. The van der Waals surface area contributed by atoms with E-state index >= 15 is 0 Å². The fourth-order valence-corrected chi connectivity index (χ4v) is 3.47. The first kappa shape index (κ1) is 16.9. The van der Waals surface area contributed by atoms with Crippen molar-refractivity contribution in [2.24, 2.45) is 0 Å². The van der Waals surface area contributed by atoms with Crippen LogP contribution in [0.4, 0.5) is 4.39 Å². The van der Waals surface area contributed by atoms with Gasteiger partial charge in [0.05, 0.1) is 0 Å². The van der Waals surface area contributed by atoms with Crippen LogP contribution in [0, 0.1) is 5.82 Å². The van der Waals surface area contributed by atoms with Gasteiger partial charge in [-0.05, 0) is 44.9 Å². The van der Waals surface area contributed by atoms with Crippen molar-refractivity contribution in [2.45, 2.75) is 58.2 Å². The minimum absolute atomic E-state index is 0.118. The zero-order valence-corrected chi connectivity index (χ0v) is 14.8. The van der Waals surface area contributed by atoms with Gasteiger partial charge in [-0.15, -0.1) is 0 Å². The smallest absolute Gasteiger partial charge is 0.128 e. The molecule has 1 aliphatic rings. The third-order valence-corrected chi connectivity index (χ3v) is 5.43. The summed E-state index contributed by atoms with van der Waals surface area (Å²) >= 11 is 3.32. The van der Waals surface area contributed by atoms with E-state index in [4.69, 9.17) is 0 Å². The highest BCUT2D eigenvalue weighted by Gasteiger charge is 2.33. The van der Waals surface area contributed by atoms with E-state index in [1.54, 1.807) is 6.07 Å². The molecule has 1 aliphatic heterocycles. The molecule has 1 unspecified atom stereocenters. The highest BCUT2D eigenvalue weighted by atomic mass is 79.9. The molecule has 1 saturated heterocycles. The number of nitrogens with zero attached hydrogens (tertiary/aromatic N) is 1. The number of rotatable bonds is 4. The first-order chi connectivity index (χ1) is 9.99. The third kappa shape index (κ3) is 4.05. The minimum atomic E-state index is -0.118. The van der Waals surface area contributed by atoms with Gasteiger partial charge < -0.3 is 5.32 Å². The average molecular weight is 357 g/mol. The first-order valence-corrected chi connectivity index (χ1v) is 8.72. The zero-order chi connectivity index (χ0) is 15.5. The molecule has 1 atom stereocenters. The highest BCUT2D eigenvalue weighted by molar-refractivity contribution is 9.10. The lowest BCUT2D eigenvalue weighted by molar-refractivity contribution is 0.151. The molecule has 2 nitrogen and oxygen atoms in total. The van der Waals surface area contributed by atoms with Crippen LogP contribution in [0.2, 0.25) is 0 Å². The van der Waals surface area contributed by atoms with Gasteiger partial charge in [0.15, 0.2) is 0 Å². The second-order valence-corrected chi connectivity index (χ2v) is 7.11. The Kier molecular flexibility index (Phi) is 5.81. The molecule has 2 rings (SSSR count). The van der Waals surface area contributed by atoms with Gasteiger partial charge >= 0.3 is 0 Å². The maximum absolute atomic E-state index is 14.1. The first-order valence-electron chi connectivity index (χ1n) is 7.92. The lowest BCUT2D eigenvalue weighted by Crippen LogP contribution is -2.51. The van der Waals surface area contributed by atoms with Gasteiger partial charge in [0.2, 0.25) is 0 Å². The molecule has 4 heteroatoms. The van der Waals surface area contributed by atoms with Gasteiger partial charge in [0.1, 0.15) is 5.82 Å². The predicted octanol–water partition coefficient (Wildman–Crippen LogP) is 4.33. The van der Waals surface area contributed by atoms with Crippen LogP contribution >= 0.6 is 15.9 Å². The van der Waals surface area contributed by atoms with Crippen LogP contribution in [-0.4, -0.2) is 29.6 Å². The van der Waals surface area contributed by atoms with Crippen molar-refractivity contribution in [1.82, 2.24) is 10.2 Å². The van der Waals surface area contributed by atoms with Crippen molar-refractivity contribution < 1.29 is 4.39 Å². The average Bonchev–Trinajstić information content (AvgIpc) is 2.62. The topological polar surface area (TPSA) is 15.3 Å². The van der Waals surface area contributed by atoms with Crippen molar-refractivity contribution in [3.63, 3.8) is 0 Å². The Hall–Kier alpha value is -0.450. The van der Waals surface area contributed by atoms with Gasteiger partial charge in [-0.25, -0.2) is 4.39 Å². The van der Waals surface area contributed by atoms with Crippen LogP contribution in [0.25, 0.3) is 0 Å². The molecule has 1 aromatic rings. The molecule has 0 radical (unpaired) electrons. The van der Waals surface area contributed by atoms with E-state index in [1.165, 1.54) is 0 Å². The molecule has 118 valence electrons. The summed E-state index contributed by atoms with van der Waals surface area (Å²) < 4.78 is 14.9. The summed E-state index contributed by atoms with van der Waals surface area (Å²) in [6.07, 6.45) is 3.32. The highest BCUT2D eigenvalue weighted by Crippen LogP contribution is 2.25. The van der Waals surface area contributed by atoms with Gasteiger partial charge in [0.25, 0.3) is 0 Å². The lowest BCUT2D eigenvalue weighted by Gasteiger charge is -2.37. The summed E-state index contributed by atoms with van der Waals surface area (Å²) in [6.45, 7) is 9.44. The molecule has 0 aliphatic carbocycles. The van der Waals surface area contributed by atoms with Gasteiger partial charge in [-0.2, -0.15) is 0 Å². The quantitative estimate of drug-likeness (QED) is 0.863. The summed E-state index contributed by atoms with van der Waals surface area (Å²) in [6, 6.07) is 5.85. The van der Waals surface area contributed by atoms with E-state index in [2.05, 4.69) is 46.9 Å². The third-order valence-electron chi connectivity index (χ3n) is 4.93. The monoisotopic (exact) mass is 356 g/mol. The molecule has 1 N–H and O–H groups in total. The summed E-state index contributed by atoms with van der Waals surface area (Å²) in [5, 5.41) is 3.72. The lowest BCUT2D eigenvalue weighted by atomic mass is 9.92. The van der Waals surface area contributed by atoms with Crippen LogP contribution in [0.1, 0.15) is 45.6 Å². The molecular formula is C17H26BrFN2. The maximum atomic E-state index is 14.1. The Morgan fingerprint density at radius 2 is 2.10 bits per heavy atom. The molecule has 0 spiro atoms. The zero-order valence-electron chi connectivity index (χ0n) is 13.3. The number of halogens is 2. The van der Waals surface area contributed by atoms with Gasteiger partial charge in [0, 0.05) is 34.7 Å². The number of benzene rings is 1. The Bertz CT molecular complexity index is 474. The maximum Gasteiger partial charge on any atom is 0.128 e. The van der Waals surface area contributed by atoms with E-state index in [0.717, 1.165) is 42.4 Å². The minimum Gasteiger partial charge on any atom is -0.310 e. The normalized spacial score (nSPS) is 23.0. The van der Waals surface area contributed by atoms with Crippen LogP contribution in [0.3, 0.4) is 0 Å². The largest absolute Gasteiger partial charge is 0.310 e. The van der Waals surface area contributed by atoms with Crippen molar-refractivity contribution in [3.8, 4) is 0 Å². The molecule has 0 saturated carbocycles. The molecule has 1 heterocycles. The summed E-state index contributed by atoms with van der Waals surface area (Å²) in [4.78, 5) is 2.43. The molecule has 0 amide bonds. The van der Waals surface area contributed by atoms with Gasteiger partial charge in [-0.1, -0.05) is 35.8 Å². The predicted molar refractivity (Wildman–Crippen MR) is 89.9 cm³/mol. The second kappa shape index (κ2) is 7.21. The SMILES string of the molecule is CCC1(CC)CN(Cc2ccc(Br)cc2F)C(C)CCN1. The standard InChI is InChI=1S/C17H26BrFN2/c1-4-17(5-2)12-21(13(3)8-9-20-17)11-14-6-7-15(18)10-16(14)19/h6-7,10,13,20H,4-5,8-9,11-12H2,1-3H3.